The van der Waals surface area contributed by atoms with Crippen LogP contribution in [-0.4, -0.2) is 37.8 Å². The molecule has 2 N–H and O–H groups in total. The fourth-order valence-corrected chi connectivity index (χ4v) is 4.22. The Balaban J connectivity index is 2.02. The highest BCUT2D eigenvalue weighted by Crippen LogP contribution is 2.24. The quantitative estimate of drug-likeness (QED) is 0.0550. The molecule has 0 amide bonds. The SMILES string of the molecule is O=C(CCCCCCCCCCCCCCCCC(C(=O)O)C(=O)O)c1cc([N+](=O)[O-])cc([N+](=O)[O-])c1. The molecule has 0 aliphatic heterocycles. The van der Waals surface area contributed by atoms with Gasteiger partial charge in [-0.2, -0.15) is 0 Å². The van der Waals surface area contributed by atoms with Gasteiger partial charge in [-0.1, -0.05) is 83.5 Å². The van der Waals surface area contributed by atoms with Gasteiger partial charge in [0.25, 0.3) is 11.4 Å². The van der Waals surface area contributed by atoms with Crippen molar-refractivity contribution < 1.29 is 34.4 Å². The molecular weight excluding hydrogens is 484 g/mol. The number of ketones is 1. The zero-order valence-corrected chi connectivity index (χ0v) is 21.3. The maximum Gasteiger partial charge on any atom is 0.317 e. The van der Waals surface area contributed by atoms with Crippen molar-refractivity contribution in [3.05, 3.63) is 44.0 Å². The Morgan fingerprint density at radius 2 is 0.973 bits per heavy atom. The van der Waals surface area contributed by atoms with E-state index in [1.54, 1.807) is 0 Å². The van der Waals surface area contributed by atoms with Crippen LogP contribution in [0.3, 0.4) is 0 Å². The molecule has 37 heavy (non-hydrogen) atoms. The molecule has 11 nitrogen and oxygen atoms in total. The molecule has 11 heteroatoms. The van der Waals surface area contributed by atoms with Gasteiger partial charge in [-0.25, -0.2) is 0 Å². The number of carboxylic acids is 2. The van der Waals surface area contributed by atoms with Gasteiger partial charge in [-0.05, 0) is 12.8 Å². The highest BCUT2D eigenvalue weighted by atomic mass is 16.6. The normalized spacial score (nSPS) is 10.9. The number of nitro benzene ring substituents is 2. The molecule has 0 aromatic heterocycles. The highest BCUT2D eigenvalue weighted by Gasteiger charge is 2.24. The number of rotatable bonds is 22. The van der Waals surface area contributed by atoms with E-state index in [1.165, 1.54) is 12.8 Å². The second-order valence-electron chi connectivity index (χ2n) is 9.39. The number of Topliss-reactive ketones (excluding diaryl/α,β-unsaturated/α-hetero) is 1. The number of non-ortho nitro benzene ring substituents is 2. The van der Waals surface area contributed by atoms with Gasteiger partial charge in [0.05, 0.1) is 15.9 Å². The fourth-order valence-electron chi connectivity index (χ4n) is 4.22. The van der Waals surface area contributed by atoms with E-state index in [2.05, 4.69) is 0 Å². The second kappa shape index (κ2) is 18.0. The third-order valence-corrected chi connectivity index (χ3v) is 6.39. The number of benzene rings is 1. The molecule has 1 rings (SSSR count). The number of carboxylic acid groups (broad SMARTS) is 2. The summed E-state index contributed by atoms with van der Waals surface area (Å²) >= 11 is 0. The summed E-state index contributed by atoms with van der Waals surface area (Å²) in [5.74, 6) is -4.16. The summed E-state index contributed by atoms with van der Waals surface area (Å²) in [4.78, 5) is 54.4. The average molecular weight is 523 g/mol. The Kier molecular flexibility index (Phi) is 15.4. The number of carbonyl (C=O) groups excluding carboxylic acids is 1. The van der Waals surface area contributed by atoms with Gasteiger partial charge in [0.1, 0.15) is 0 Å². The summed E-state index contributed by atoms with van der Waals surface area (Å²) in [6, 6.07) is 3.03. The van der Waals surface area contributed by atoms with Crippen molar-refractivity contribution in [1.29, 1.82) is 0 Å². The topological polar surface area (TPSA) is 178 Å². The van der Waals surface area contributed by atoms with E-state index in [9.17, 15) is 34.6 Å². The first-order valence-electron chi connectivity index (χ1n) is 13.1. The first kappa shape index (κ1) is 31.7. The lowest BCUT2D eigenvalue weighted by Gasteiger charge is -2.07. The van der Waals surface area contributed by atoms with Gasteiger partial charge in [-0.15, -0.1) is 0 Å². The van der Waals surface area contributed by atoms with Crippen molar-refractivity contribution in [2.45, 2.75) is 103 Å². The van der Waals surface area contributed by atoms with Crippen LogP contribution in [0.5, 0.6) is 0 Å². The lowest BCUT2D eigenvalue weighted by Crippen LogP contribution is -2.23. The van der Waals surface area contributed by atoms with E-state index >= 15 is 0 Å². The molecule has 0 aliphatic carbocycles. The van der Waals surface area contributed by atoms with E-state index in [-0.39, 0.29) is 24.2 Å². The molecule has 206 valence electrons. The molecular formula is C26H38N2O9. The molecule has 1 aromatic carbocycles. The summed E-state index contributed by atoms with van der Waals surface area (Å²) in [6.07, 6.45) is 14.4. The molecule has 0 aliphatic rings. The summed E-state index contributed by atoms with van der Waals surface area (Å²) in [5, 5.41) is 39.6. The Morgan fingerprint density at radius 3 is 1.32 bits per heavy atom. The lowest BCUT2D eigenvalue weighted by atomic mass is 10.00. The number of hydrogen-bond acceptors (Lipinski definition) is 7. The van der Waals surface area contributed by atoms with Crippen molar-refractivity contribution in [2.24, 2.45) is 5.92 Å². The summed E-state index contributed by atoms with van der Waals surface area (Å²) in [7, 11) is 0. The zero-order valence-electron chi connectivity index (χ0n) is 21.3. The predicted molar refractivity (Wildman–Crippen MR) is 137 cm³/mol. The van der Waals surface area contributed by atoms with Crippen LogP contribution in [0.2, 0.25) is 0 Å². The van der Waals surface area contributed by atoms with Gasteiger partial charge in [-0.3, -0.25) is 34.6 Å². The molecule has 0 atom stereocenters. The van der Waals surface area contributed by atoms with Gasteiger partial charge in [0.2, 0.25) is 0 Å². The lowest BCUT2D eigenvalue weighted by molar-refractivity contribution is -0.394. The second-order valence-corrected chi connectivity index (χ2v) is 9.39. The smallest absolute Gasteiger partial charge is 0.317 e. The largest absolute Gasteiger partial charge is 0.481 e. The van der Waals surface area contributed by atoms with Crippen molar-refractivity contribution >= 4 is 29.1 Å². The molecule has 0 heterocycles. The van der Waals surface area contributed by atoms with Crippen LogP contribution in [0.4, 0.5) is 11.4 Å². The number of nitrogens with zero attached hydrogens (tertiary/aromatic N) is 2. The molecule has 0 bridgehead atoms. The molecule has 0 spiro atoms. The van der Waals surface area contributed by atoms with E-state index in [1.807, 2.05) is 0 Å². The van der Waals surface area contributed by atoms with E-state index < -0.39 is 39.1 Å². The average Bonchev–Trinajstić information content (AvgIpc) is 2.84. The minimum Gasteiger partial charge on any atom is -0.481 e. The standard InChI is InChI=1S/C26H38N2O9/c29-24(20-17-21(27(34)35)19-22(18-20)28(36)37)16-14-12-10-8-6-4-2-1-3-5-7-9-11-13-15-23(25(30)31)26(32)33/h17-19,23H,1-16H2,(H,30,31)(H,32,33). The third kappa shape index (κ3) is 13.5. The predicted octanol–water partition coefficient (Wildman–Crippen LogP) is 6.71. The first-order valence-corrected chi connectivity index (χ1v) is 13.1. The number of nitro groups is 2. The zero-order chi connectivity index (χ0) is 27.6. The number of hydrogen-bond donors (Lipinski definition) is 2. The fraction of sp³-hybridized carbons (Fsp3) is 0.654. The molecule has 0 radical (unpaired) electrons. The summed E-state index contributed by atoms with van der Waals surface area (Å²) in [5.41, 5.74) is -0.909. The van der Waals surface area contributed by atoms with E-state index in [4.69, 9.17) is 10.2 Å². The Hall–Kier alpha value is -3.37. The summed E-state index contributed by atoms with van der Waals surface area (Å²) in [6.45, 7) is 0. The maximum absolute atomic E-state index is 12.3. The highest BCUT2D eigenvalue weighted by molar-refractivity contribution is 5.97. The van der Waals surface area contributed by atoms with Crippen LogP contribution < -0.4 is 0 Å². The first-order chi connectivity index (χ1) is 17.6. The van der Waals surface area contributed by atoms with Gasteiger partial charge < -0.3 is 10.2 Å². The minimum absolute atomic E-state index is 0.00547. The monoisotopic (exact) mass is 522 g/mol. The Morgan fingerprint density at radius 1 is 0.622 bits per heavy atom. The number of unbranched alkanes of at least 4 members (excludes halogenated alkanes) is 13. The number of aliphatic carboxylic acids is 2. The number of carbonyl (C=O) groups is 3. The van der Waals surface area contributed by atoms with Crippen molar-refractivity contribution in [1.82, 2.24) is 0 Å². The van der Waals surface area contributed by atoms with Crippen molar-refractivity contribution in [3.8, 4) is 0 Å². The van der Waals surface area contributed by atoms with Crippen LogP contribution in [0.25, 0.3) is 0 Å². The van der Waals surface area contributed by atoms with Crippen molar-refractivity contribution in [2.75, 3.05) is 0 Å². The van der Waals surface area contributed by atoms with E-state index in [0.717, 1.165) is 82.4 Å². The van der Waals surface area contributed by atoms with Crippen LogP contribution in [0.15, 0.2) is 18.2 Å². The van der Waals surface area contributed by atoms with Crippen LogP contribution in [0, 0.1) is 26.1 Å². The Labute approximate surface area is 216 Å². The van der Waals surface area contributed by atoms with Gasteiger partial charge in [0, 0.05) is 24.1 Å². The van der Waals surface area contributed by atoms with Crippen LogP contribution in [0.1, 0.15) is 113 Å². The van der Waals surface area contributed by atoms with Gasteiger partial charge >= 0.3 is 11.9 Å². The molecule has 0 unspecified atom stereocenters. The van der Waals surface area contributed by atoms with Gasteiger partial charge in [0.15, 0.2) is 11.7 Å². The maximum atomic E-state index is 12.3. The third-order valence-electron chi connectivity index (χ3n) is 6.39. The van der Waals surface area contributed by atoms with Crippen LogP contribution in [-0.2, 0) is 9.59 Å². The van der Waals surface area contributed by atoms with Crippen molar-refractivity contribution in [3.63, 3.8) is 0 Å². The molecule has 0 saturated heterocycles. The molecule has 0 fully saturated rings. The Bertz CT molecular complexity index is 871. The molecule has 1 aromatic rings. The van der Waals surface area contributed by atoms with Crippen LogP contribution >= 0.6 is 0 Å². The molecule has 0 saturated carbocycles. The minimum atomic E-state index is -1.30. The summed E-state index contributed by atoms with van der Waals surface area (Å²) < 4.78 is 0. The van der Waals surface area contributed by atoms with E-state index in [0.29, 0.717) is 12.8 Å².